The molecule has 0 aliphatic rings. The van der Waals surface area contributed by atoms with Gasteiger partial charge in [-0.3, -0.25) is 4.79 Å². The second kappa shape index (κ2) is 5.12. The normalized spacial score (nSPS) is 11.4. The zero-order valence-corrected chi connectivity index (χ0v) is 12.5. The standard InChI is InChI=1S/C12H18BrN3O/c1-8-6-10(9(2)15-14-8)11(17)16(5)12(3,4)7-13/h6H,7H2,1-5H3. The van der Waals surface area contributed by atoms with Crippen molar-refractivity contribution >= 4 is 21.8 Å². The van der Waals surface area contributed by atoms with Gasteiger partial charge in [0.25, 0.3) is 5.91 Å². The number of carbonyl (C=O) groups is 1. The highest BCUT2D eigenvalue weighted by Crippen LogP contribution is 2.19. The molecule has 0 unspecified atom stereocenters. The number of halogens is 1. The van der Waals surface area contributed by atoms with E-state index in [1.54, 1.807) is 24.9 Å². The Kier molecular flexibility index (Phi) is 4.25. The number of carbonyl (C=O) groups excluding carboxylic acids is 1. The molecule has 0 aliphatic carbocycles. The lowest BCUT2D eigenvalue weighted by molar-refractivity contribution is 0.0662. The van der Waals surface area contributed by atoms with Crippen molar-refractivity contribution in [1.82, 2.24) is 15.1 Å². The van der Waals surface area contributed by atoms with Crippen LogP contribution in [0.5, 0.6) is 0 Å². The van der Waals surface area contributed by atoms with Crippen LogP contribution in [0.15, 0.2) is 6.07 Å². The summed E-state index contributed by atoms with van der Waals surface area (Å²) >= 11 is 3.42. The molecule has 5 heteroatoms. The molecule has 0 spiro atoms. The maximum atomic E-state index is 12.4. The maximum absolute atomic E-state index is 12.4. The van der Waals surface area contributed by atoms with Crippen LogP contribution in [-0.4, -0.2) is 38.9 Å². The molecule has 1 heterocycles. The molecule has 1 aromatic rings. The van der Waals surface area contributed by atoms with Gasteiger partial charge in [-0.1, -0.05) is 15.9 Å². The number of aryl methyl sites for hydroxylation is 2. The summed E-state index contributed by atoms with van der Waals surface area (Å²) in [7, 11) is 1.80. The Morgan fingerprint density at radius 1 is 1.41 bits per heavy atom. The summed E-state index contributed by atoms with van der Waals surface area (Å²) in [5, 5.41) is 8.64. The Bertz CT molecular complexity index is 432. The summed E-state index contributed by atoms with van der Waals surface area (Å²) in [5.41, 5.74) is 1.80. The second-order valence-corrected chi connectivity index (χ2v) is 5.36. The highest BCUT2D eigenvalue weighted by molar-refractivity contribution is 9.09. The Morgan fingerprint density at radius 3 is 2.53 bits per heavy atom. The summed E-state index contributed by atoms with van der Waals surface area (Å²) < 4.78 is 0. The molecule has 0 fully saturated rings. The number of hydrogen-bond acceptors (Lipinski definition) is 3. The van der Waals surface area contributed by atoms with Crippen LogP contribution < -0.4 is 0 Å². The van der Waals surface area contributed by atoms with Crippen molar-refractivity contribution in [2.75, 3.05) is 12.4 Å². The average Bonchev–Trinajstić information content (AvgIpc) is 2.30. The largest absolute Gasteiger partial charge is 0.336 e. The van der Waals surface area contributed by atoms with Crippen LogP contribution in [0.3, 0.4) is 0 Å². The predicted octanol–water partition coefficient (Wildman–Crippen LogP) is 2.34. The zero-order valence-electron chi connectivity index (χ0n) is 10.9. The maximum Gasteiger partial charge on any atom is 0.256 e. The monoisotopic (exact) mass is 299 g/mol. The summed E-state index contributed by atoms with van der Waals surface area (Å²) in [5.74, 6) is -0.0232. The summed E-state index contributed by atoms with van der Waals surface area (Å²) in [6, 6.07) is 1.78. The lowest BCUT2D eigenvalue weighted by atomic mass is 10.0. The van der Waals surface area contributed by atoms with Crippen LogP contribution in [0.4, 0.5) is 0 Å². The first-order valence-electron chi connectivity index (χ1n) is 5.44. The van der Waals surface area contributed by atoms with Gasteiger partial charge < -0.3 is 4.90 Å². The third-order valence-corrected chi connectivity index (χ3v) is 4.24. The molecule has 0 bridgehead atoms. The smallest absolute Gasteiger partial charge is 0.256 e. The Morgan fingerprint density at radius 2 is 2.00 bits per heavy atom. The Hall–Kier alpha value is -0.970. The van der Waals surface area contributed by atoms with Gasteiger partial charge in [-0.2, -0.15) is 10.2 Å². The van der Waals surface area contributed by atoms with Crippen LogP contribution in [0.2, 0.25) is 0 Å². The van der Waals surface area contributed by atoms with Crippen LogP contribution in [-0.2, 0) is 0 Å². The van der Waals surface area contributed by atoms with Crippen molar-refractivity contribution in [3.63, 3.8) is 0 Å². The highest BCUT2D eigenvalue weighted by atomic mass is 79.9. The van der Waals surface area contributed by atoms with Crippen LogP contribution in [0.1, 0.15) is 35.6 Å². The van der Waals surface area contributed by atoms with Crippen LogP contribution >= 0.6 is 15.9 Å². The van der Waals surface area contributed by atoms with Crippen molar-refractivity contribution < 1.29 is 4.79 Å². The molecule has 1 amide bonds. The predicted molar refractivity (Wildman–Crippen MR) is 71.5 cm³/mol. The quantitative estimate of drug-likeness (QED) is 0.805. The van der Waals surface area contributed by atoms with E-state index in [9.17, 15) is 4.79 Å². The minimum Gasteiger partial charge on any atom is -0.336 e. The van der Waals surface area contributed by atoms with E-state index < -0.39 is 0 Å². The topological polar surface area (TPSA) is 46.1 Å². The molecule has 1 rings (SSSR count). The number of aromatic nitrogens is 2. The summed E-state index contributed by atoms with van der Waals surface area (Å²) in [6.07, 6.45) is 0. The molecule has 94 valence electrons. The molecule has 0 aliphatic heterocycles. The summed E-state index contributed by atoms with van der Waals surface area (Å²) in [6.45, 7) is 7.65. The van der Waals surface area contributed by atoms with Crippen LogP contribution in [0.25, 0.3) is 0 Å². The van der Waals surface area contributed by atoms with E-state index in [2.05, 4.69) is 26.1 Å². The number of alkyl halides is 1. The lowest BCUT2D eigenvalue weighted by Gasteiger charge is -2.34. The van der Waals surface area contributed by atoms with Gasteiger partial charge in [0, 0.05) is 17.9 Å². The number of nitrogens with zero attached hydrogens (tertiary/aromatic N) is 3. The minimum atomic E-state index is -0.235. The lowest BCUT2D eigenvalue weighted by Crippen LogP contribution is -2.46. The van der Waals surface area contributed by atoms with E-state index in [-0.39, 0.29) is 11.4 Å². The third-order valence-electron chi connectivity index (χ3n) is 2.87. The van der Waals surface area contributed by atoms with Gasteiger partial charge in [0.2, 0.25) is 0 Å². The fraction of sp³-hybridized carbons (Fsp3) is 0.583. The molecular formula is C12H18BrN3O. The van der Waals surface area contributed by atoms with Gasteiger partial charge in [0.1, 0.15) is 0 Å². The first-order valence-corrected chi connectivity index (χ1v) is 6.57. The molecule has 4 nitrogen and oxygen atoms in total. The molecule has 17 heavy (non-hydrogen) atoms. The third kappa shape index (κ3) is 3.03. The van der Waals surface area contributed by atoms with Crippen molar-refractivity contribution in [3.05, 3.63) is 23.0 Å². The Balaban J connectivity index is 3.08. The number of rotatable bonds is 3. The Labute approximate surface area is 111 Å². The zero-order chi connectivity index (χ0) is 13.2. The van der Waals surface area contributed by atoms with Crippen molar-refractivity contribution in [3.8, 4) is 0 Å². The fourth-order valence-corrected chi connectivity index (χ4v) is 1.69. The first-order chi connectivity index (χ1) is 7.79. The molecule has 1 aromatic heterocycles. The minimum absolute atomic E-state index is 0.0232. The fourth-order valence-electron chi connectivity index (χ4n) is 1.31. The van der Waals surface area contributed by atoms with E-state index in [4.69, 9.17) is 0 Å². The first kappa shape index (κ1) is 14.1. The van der Waals surface area contributed by atoms with E-state index in [0.717, 1.165) is 11.0 Å². The average molecular weight is 300 g/mol. The van der Waals surface area contributed by atoms with E-state index in [1.165, 1.54) is 0 Å². The van der Waals surface area contributed by atoms with Gasteiger partial charge in [-0.25, -0.2) is 0 Å². The summed E-state index contributed by atoms with van der Waals surface area (Å²) in [4.78, 5) is 14.1. The van der Waals surface area contributed by atoms with E-state index >= 15 is 0 Å². The molecule has 0 radical (unpaired) electrons. The molecular weight excluding hydrogens is 282 g/mol. The van der Waals surface area contributed by atoms with Crippen molar-refractivity contribution in [2.45, 2.75) is 33.2 Å². The number of hydrogen-bond donors (Lipinski definition) is 0. The highest BCUT2D eigenvalue weighted by Gasteiger charge is 2.28. The molecule has 0 aromatic carbocycles. The van der Waals surface area contributed by atoms with E-state index in [1.807, 2.05) is 20.8 Å². The van der Waals surface area contributed by atoms with Gasteiger partial charge in [0.15, 0.2) is 0 Å². The van der Waals surface area contributed by atoms with E-state index in [0.29, 0.717) is 11.3 Å². The molecule has 0 saturated carbocycles. The van der Waals surface area contributed by atoms with Crippen molar-refractivity contribution in [2.24, 2.45) is 0 Å². The van der Waals surface area contributed by atoms with Gasteiger partial charge in [-0.05, 0) is 33.8 Å². The molecule has 0 saturated heterocycles. The van der Waals surface area contributed by atoms with Crippen molar-refractivity contribution in [1.29, 1.82) is 0 Å². The van der Waals surface area contributed by atoms with Gasteiger partial charge >= 0.3 is 0 Å². The molecule has 0 atom stereocenters. The SMILES string of the molecule is Cc1cc(C(=O)N(C)C(C)(C)CBr)c(C)nn1. The molecule has 0 N–H and O–H groups in total. The van der Waals surface area contributed by atoms with Crippen LogP contribution in [0, 0.1) is 13.8 Å². The number of amides is 1. The van der Waals surface area contributed by atoms with Gasteiger partial charge in [0.05, 0.1) is 17.0 Å². The van der Waals surface area contributed by atoms with Gasteiger partial charge in [-0.15, -0.1) is 0 Å². The second-order valence-electron chi connectivity index (χ2n) is 4.80.